The fourth-order valence-electron chi connectivity index (χ4n) is 2.16. The molecule has 1 aliphatic rings. The summed E-state index contributed by atoms with van der Waals surface area (Å²) in [7, 11) is 0. The quantitative estimate of drug-likeness (QED) is 0.548. The average Bonchev–Trinajstić information content (AvgIpc) is 3.41. The highest BCUT2D eigenvalue weighted by molar-refractivity contribution is 8.01. The van der Waals surface area contributed by atoms with Crippen LogP contribution in [0.25, 0.3) is 11.3 Å². The molecule has 0 unspecified atom stereocenters. The van der Waals surface area contributed by atoms with E-state index in [1.807, 2.05) is 30.3 Å². The van der Waals surface area contributed by atoms with Gasteiger partial charge in [0.1, 0.15) is 10.7 Å². The molecule has 0 atom stereocenters. The van der Waals surface area contributed by atoms with Gasteiger partial charge in [0.05, 0.1) is 5.75 Å². The summed E-state index contributed by atoms with van der Waals surface area (Å²) in [5.41, 5.74) is 1.71. The number of nitrogens with one attached hydrogen (secondary N) is 2. The van der Waals surface area contributed by atoms with Crippen LogP contribution < -0.4 is 10.6 Å². The van der Waals surface area contributed by atoms with Gasteiger partial charge >= 0.3 is 0 Å². The Morgan fingerprint density at radius 3 is 2.76 bits per heavy atom. The average molecular weight is 374 g/mol. The van der Waals surface area contributed by atoms with Gasteiger partial charge in [0.25, 0.3) is 0 Å². The summed E-state index contributed by atoms with van der Waals surface area (Å²) >= 11 is 2.78. The van der Waals surface area contributed by atoms with Gasteiger partial charge in [-0.3, -0.25) is 9.59 Å². The van der Waals surface area contributed by atoms with Crippen LogP contribution in [0.15, 0.2) is 47.3 Å². The van der Waals surface area contributed by atoms with Crippen molar-refractivity contribution in [1.29, 1.82) is 0 Å². The zero-order chi connectivity index (χ0) is 17.6. The zero-order valence-corrected chi connectivity index (χ0v) is 15.3. The van der Waals surface area contributed by atoms with Crippen molar-refractivity contribution in [2.45, 2.75) is 17.2 Å². The molecular weight excluding hydrogens is 354 g/mol. The minimum atomic E-state index is -0.0649. The van der Waals surface area contributed by atoms with Crippen molar-refractivity contribution in [2.24, 2.45) is 5.92 Å². The lowest BCUT2D eigenvalue weighted by Gasteiger charge is -2.04. The van der Waals surface area contributed by atoms with E-state index < -0.39 is 0 Å². The summed E-state index contributed by atoms with van der Waals surface area (Å²) in [5, 5.41) is 6.49. The van der Waals surface area contributed by atoms with Gasteiger partial charge in [-0.15, -0.1) is 6.58 Å². The molecule has 0 saturated heterocycles. The van der Waals surface area contributed by atoms with Gasteiger partial charge in [-0.2, -0.15) is 0 Å². The van der Waals surface area contributed by atoms with E-state index in [9.17, 15) is 9.59 Å². The highest BCUT2D eigenvalue weighted by Gasteiger charge is 2.30. The summed E-state index contributed by atoms with van der Waals surface area (Å²) in [6, 6.07) is 9.76. The van der Waals surface area contributed by atoms with Crippen molar-refractivity contribution in [3.8, 4) is 11.3 Å². The normalized spacial score (nSPS) is 13.3. The van der Waals surface area contributed by atoms with E-state index in [0.717, 1.165) is 33.4 Å². The fourth-order valence-corrected chi connectivity index (χ4v) is 4.06. The third kappa shape index (κ3) is 4.93. The molecule has 1 saturated carbocycles. The monoisotopic (exact) mass is 373 g/mol. The second kappa shape index (κ2) is 8.31. The molecule has 0 bridgehead atoms. The molecule has 3 rings (SSSR count). The summed E-state index contributed by atoms with van der Waals surface area (Å²) in [4.78, 5) is 28.5. The molecule has 2 aromatic rings. The van der Waals surface area contributed by atoms with Crippen LogP contribution in [0, 0.1) is 5.92 Å². The van der Waals surface area contributed by atoms with Gasteiger partial charge in [0.15, 0.2) is 4.34 Å². The molecule has 0 radical (unpaired) electrons. The number of thioether (sulfide) groups is 1. The standard InChI is InChI=1S/C18H19N3O2S2/c1-2-10-19-14(22)11-24-18-20-15(12-6-4-3-5-7-12)17(25-18)21-16(23)13-8-9-13/h2-7,13H,1,8-11H2,(H,19,22)(H,21,23). The first-order valence-corrected chi connectivity index (χ1v) is 9.85. The van der Waals surface area contributed by atoms with Gasteiger partial charge < -0.3 is 10.6 Å². The van der Waals surface area contributed by atoms with Gasteiger partial charge in [-0.05, 0) is 12.8 Å². The second-order valence-electron chi connectivity index (χ2n) is 5.67. The number of hydrogen-bond donors (Lipinski definition) is 2. The second-order valence-corrected chi connectivity index (χ2v) is 7.89. The van der Waals surface area contributed by atoms with Crippen molar-refractivity contribution in [3.63, 3.8) is 0 Å². The molecule has 25 heavy (non-hydrogen) atoms. The zero-order valence-electron chi connectivity index (χ0n) is 13.7. The highest BCUT2D eigenvalue weighted by Crippen LogP contribution is 2.39. The Balaban J connectivity index is 1.75. The van der Waals surface area contributed by atoms with Crippen LogP contribution in [0.3, 0.4) is 0 Å². The van der Waals surface area contributed by atoms with E-state index in [-0.39, 0.29) is 23.5 Å². The van der Waals surface area contributed by atoms with Crippen molar-refractivity contribution < 1.29 is 9.59 Å². The van der Waals surface area contributed by atoms with Crippen LogP contribution in [0.2, 0.25) is 0 Å². The Morgan fingerprint density at radius 2 is 2.08 bits per heavy atom. The number of nitrogens with zero attached hydrogens (tertiary/aromatic N) is 1. The Morgan fingerprint density at radius 1 is 1.32 bits per heavy atom. The Labute approximate surface area is 154 Å². The molecule has 0 spiro atoms. The van der Waals surface area contributed by atoms with Crippen LogP contribution in [0.1, 0.15) is 12.8 Å². The molecule has 1 heterocycles. The number of anilines is 1. The van der Waals surface area contributed by atoms with Crippen molar-refractivity contribution in [1.82, 2.24) is 10.3 Å². The number of carbonyl (C=O) groups excluding carboxylic acids is 2. The first-order chi connectivity index (χ1) is 12.2. The molecule has 130 valence electrons. The van der Waals surface area contributed by atoms with Gasteiger partial charge in [0, 0.05) is 18.0 Å². The Bertz CT molecular complexity index is 770. The third-order valence-electron chi connectivity index (χ3n) is 3.61. The maximum absolute atomic E-state index is 12.1. The minimum absolute atomic E-state index is 0.0566. The lowest BCUT2D eigenvalue weighted by atomic mass is 10.2. The first kappa shape index (κ1) is 17.7. The molecule has 2 amide bonds. The minimum Gasteiger partial charge on any atom is -0.352 e. The predicted molar refractivity (Wildman–Crippen MR) is 103 cm³/mol. The van der Waals surface area contributed by atoms with Gasteiger partial charge in [-0.25, -0.2) is 4.98 Å². The van der Waals surface area contributed by atoms with Crippen LogP contribution >= 0.6 is 23.1 Å². The largest absolute Gasteiger partial charge is 0.352 e. The highest BCUT2D eigenvalue weighted by atomic mass is 32.2. The molecule has 1 fully saturated rings. The number of benzene rings is 1. The van der Waals surface area contributed by atoms with Crippen molar-refractivity contribution in [3.05, 3.63) is 43.0 Å². The summed E-state index contributed by atoms with van der Waals surface area (Å²) < 4.78 is 0.763. The smallest absolute Gasteiger partial charge is 0.230 e. The SMILES string of the molecule is C=CCNC(=O)CSc1nc(-c2ccccc2)c(NC(=O)C2CC2)s1. The topological polar surface area (TPSA) is 71.1 Å². The summed E-state index contributed by atoms with van der Waals surface area (Å²) in [5.74, 6) is 0.406. The maximum Gasteiger partial charge on any atom is 0.230 e. The first-order valence-electron chi connectivity index (χ1n) is 8.05. The molecule has 5 nitrogen and oxygen atoms in total. The number of amides is 2. The lowest BCUT2D eigenvalue weighted by molar-refractivity contribution is -0.118. The van der Waals surface area contributed by atoms with E-state index in [0.29, 0.717) is 6.54 Å². The van der Waals surface area contributed by atoms with Crippen LogP contribution in [-0.4, -0.2) is 29.1 Å². The van der Waals surface area contributed by atoms with E-state index in [1.54, 1.807) is 6.08 Å². The van der Waals surface area contributed by atoms with E-state index in [2.05, 4.69) is 22.2 Å². The number of rotatable bonds is 8. The predicted octanol–water partition coefficient (Wildman–Crippen LogP) is 3.55. The third-order valence-corrected chi connectivity index (χ3v) is 5.72. The lowest BCUT2D eigenvalue weighted by Crippen LogP contribution is -2.24. The van der Waals surface area contributed by atoms with E-state index in [4.69, 9.17) is 0 Å². The van der Waals surface area contributed by atoms with Crippen molar-refractivity contribution in [2.75, 3.05) is 17.6 Å². The van der Waals surface area contributed by atoms with Gasteiger partial charge in [-0.1, -0.05) is 59.5 Å². The van der Waals surface area contributed by atoms with E-state index >= 15 is 0 Å². The molecule has 1 aliphatic carbocycles. The van der Waals surface area contributed by atoms with E-state index in [1.165, 1.54) is 23.1 Å². The Kier molecular flexibility index (Phi) is 5.88. The summed E-state index contributed by atoms with van der Waals surface area (Å²) in [6.07, 6.45) is 3.55. The van der Waals surface area contributed by atoms with Crippen LogP contribution in [0.5, 0.6) is 0 Å². The number of aromatic nitrogens is 1. The fraction of sp³-hybridized carbons (Fsp3) is 0.278. The molecule has 1 aromatic carbocycles. The number of carbonyl (C=O) groups is 2. The molecule has 0 aliphatic heterocycles. The van der Waals surface area contributed by atoms with Gasteiger partial charge in [0.2, 0.25) is 11.8 Å². The molecule has 7 heteroatoms. The number of thiazole rings is 1. The van der Waals surface area contributed by atoms with Crippen LogP contribution in [0.4, 0.5) is 5.00 Å². The molecule has 2 N–H and O–H groups in total. The summed E-state index contributed by atoms with van der Waals surface area (Å²) in [6.45, 7) is 4.03. The number of hydrogen-bond acceptors (Lipinski definition) is 5. The Hall–Kier alpha value is -2.12. The maximum atomic E-state index is 12.1. The molecular formula is C18H19N3O2S2. The van der Waals surface area contributed by atoms with Crippen LogP contribution in [-0.2, 0) is 9.59 Å². The van der Waals surface area contributed by atoms with Crippen molar-refractivity contribution >= 4 is 39.9 Å². The molecule has 1 aromatic heterocycles.